The molecule has 1 heterocycles. The zero-order valence-electron chi connectivity index (χ0n) is 17.0. The van der Waals surface area contributed by atoms with Gasteiger partial charge in [0, 0.05) is 11.5 Å². The van der Waals surface area contributed by atoms with Crippen LogP contribution in [0.3, 0.4) is 0 Å². The fraction of sp³-hybridized carbons (Fsp3) is 0.500. The van der Waals surface area contributed by atoms with Gasteiger partial charge in [-0.2, -0.15) is 5.21 Å². The highest BCUT2D eigenvalue weighted by Crippen LogP contribution is 2.49. The quantitative estimate of drug-likeness (QED) is 0.461. The van der Waals surface area contributed by atoms with Gasteiger partial charge in [0.25, 0.3) is 0 Å². The van der Waals surface area contributed by atoms with Crippen LogP contribution in [0.1, 0.15) is 69.9 Å². The summed E-state index contributed by atoms with van der Waals surface area (Å²) in [7, 11) is 0. The first-order valence-corrected chi connectivity index (χ1v) is 10.1. The smallest absolute Gasteiger partial charge is 0.208 e. The molecule has 6 heteroatoms. The average Bonchev–Trinajstić information content (AvgIpc) is 3.15. The van der Waals surface area contributed by atoms with Crippen molar-refractivity contribution in [1.29, 1.82) is 0 Å². The Morgan fingerprint density at radius 2 is 2.11 bits per heavy atom. The third-order valence-corrected chi connectivity index (χ3v) is 5.73. The Bertz CT molecular complexity index is 871. The first kappa shape index (κ1) is 20.1. The molecule has 28 heavy (non-hydrogen) atoms. The zero-order chi connectivity index (χ0) is 20.3. The molecule has 0 amide bonds. The second-order valence-corrected chi connectivity index (χ2v) is 7.91. The number of phenols is 2. The van der Waals surface area contributed by atoms with Gasteiger partial charge in [-0.05, 0) is 62.3 Å². The molecular formula is C22H30N4O2. The van der Waals surface area contributed by atoms with E-state index in [0.717, 1.165) is 49.7 Å². The third kappa shape index (κ3) is 3.96. The van der Waals surface area contributed by atoms with Crippen molar-refractivity contribution < 1.29 is 10.2 Å². The summed E-state index contributed by atoms with van der Waals surface area (Å²) in [5.74, 6) is 0.577. The topological polar surface area (TPSA) is 94.9 Å². The number of aryl methyl sites for hydroxylation is 1. The molecule has 3 N–H and O–H groups in total. The number of tetrazole rings is 1. The van der Waals surface area contributed by atoms with E-state index in [2.05, 4.69) is 47.1 Å². The van der Waals surface area contributed by atoms with Crippen molar-refractivity contribution in [3.05, 3.63) is 41.0 Å². The van der Waals surface area contributed by atoms with Crippen LogP contribution in [0.5, 0.6) is 11.5 Å². The maximum absolute atomic E-state index is 11.3. The molecule has 2 aromatic rings. The van der Waals surface area contributed by atoms with E-state index < -0.39 is 0 Å². The molecule has 0 aliphatic heterocycles. The molecule has 0 fully saturated rings. The molecule has 0 radical (unpaired) electrons. The van der Waals surface area contributed by atoms with Crippen molar-refractivity contribution in [2.45, 2.75) is 65.2 Å². The van der Waals surface area contributed by atoms with Crippen LogP contribution in [0.4, 0.5) is 0 Å². The summed E-state index contributed by atoms with van der Waals surface area (Å²) in [5.41, 5.74) is 4.26. The summed E-state index contributed by atoms with van der Waals surface area (Å²) in [6, 6.07) is 1.77. The molecule has 1 aliphatic rings. The average molecular weight is 383 g/mol. The predicted octanol–water partition coefficient (Wildman–Crippen LogP) is 5.03. The number of allylic oxidation sites excluding steroid dienone is 3. The molecule has 6 nitrogen and oxygen atoms in total. The highest BCUT2D eigenvalue weighted by molar-refractivity contribution is 5.73. The van der Waals surface area contributed by atoms with Crippen LogP contribution in [0.2, 0.25) is 0 Å². The molecule has 1 aromatic carbocycles. The largest absolute Gasteiger partial charge is 0.507 e. The number of hydrogen-bond donors (Lipinski definition) is 3. The molecule has 3 rings (SSSR count). The maximum Gasteiger partial charge on any atom is 0.208 e. The summed E-state index contributed by atoms with van der Waals surface area (Å²) in [6.07, 6.45) is 7.99. The normalized spacial score (nSPS) is 19.5. The summed E-state index contributed by atoms with van der Waals surface area (Å²) in [6.45, 7) is 10.4. The fourth-order valence-electron chi connectivity index (χ4n) is 4.24. The third-order valence-electron chi connectivity index (χ3n) is 5.73. The molecule has 0 bridgehead atoms. The van der Waals surface area contributed by atoms with Crippen molar-refractivity contribution in [3.8, 4) is 22.9 Å². The van der Waals surface area contributed by atoms with E-state index in [1.54, 1.807) is 6.07 Å². The van der Waals surface area contributed by atoms with Crippen LogP contribution < -0.4 is 0 Å². The van der Waals surface area contributed by atoms with E-state index in [0.29, 0.717) is 17.0 Å². The molecule has 1 aliphatic carbocycles. The van der Waals surface area contributed by atoms with Crippen LogP contribution >= 0.6 is 0 Å². The minimum absolute atomic E-state index is 0.0510. The van der Waals surface area contributed by atoms with Gasteiger partial charge in [-0.15, -0.1) is 10.2 Å². The van der Waals surface area contributed by atoms with Gasteiger partial charge < -0.3 is 10.2 Å². The first-order valence-electron chi connectivity index (χ1n) is 10.1. The molecule has 150 valence electrons. The van der Waals surface area contributed by atoms with Crippen molar-refractivity contribution in [2.75, 3.05) is 0 Å². The molecule has 0 saturated heterocycles. The summed E-state index contributed by atoms with van der Waals surface area (Å²) in [5, 5.41) is 36.5. The number of aromatic hydroxyl groups is 2. The highest BCUT2D eigenvalue weighted by atomic mass is 16.3. The van der Waals surface area contributed by atoms with E-state index in [1.807, 2.05) is 6.92 Å². The molecular weight excluding hydrogens is 352 g/mol. The fourth-order valence-corrected chi connectivity index (χ4v) is 4.24. The number of aromatic amines is 1. The van der Waals surface area contributed by atoms with E-state index >= 15 is 0 Å². The number of nitrogens with zero attached hydrogens (tertiary/aromatic N) is 3. The second-order valence-electron chi connectivity index (χ2n) is 7.91. The summed E-state index contributed by atoms with van der Waals surface area (Å²) >= 11 is 0. The van der Waals surface area contributed by atoms with Gasteiger partial charge in [-0.1, -0.05) is 43.6 Å². The lowest BCUT2D eigenvalue weighted by atomic mass is 9.73. The Kier molecular flexibility index (Phi) is 6.17. The molecule has 2 atom stereocenters. The summed E-state index contributed by atoms with van der Waals surface area (Å²) in [4.78, 5) is 0. The standard InChI is InChI=1S/C22H30N4O2/c1-5-6-7-8-15-12-18(27)20(21(28)19(15)22-23-25-26-24-22)17-11-14(4)9-10-16(17)13(2)3/h11-12,16-17,27-28H,2,5-10H2,1,3-4H3,(H,23,24,25,26)/t16-,17+/m0/s1. The maximum atomic E-state index is 11.3. The van der Waals surface area contributed by atoms with Gasteiger partial charge >= 0.3 is 0 Å². The molecule has 0 unspecified atom stereocenters. The van der Waals surface area contributed by atoms with E-state index in [1.165, 1.54) is 5.57 Å². The Balaban J connectivity index is 2.15. The highest BCUT2D eigenvalue weighted by Gasteiger charge is 2.32. The SMILES string of the molecule is C=C(C)[C@@H]1CCC(C)=C[C@H]1c1c(O)cc(CCCCC)c(-c2nn[nH]n2)c1O. The lowest BCUT2D eigenvalue weighted by molar-refractivity contribution is 0.407. The lowest BCUT2D eigenvalue weighted by Gasteiger charge is -2.32. The number of benzene rings is 1. The molecule has 1 aromatic heterocycles. The van der Waals surface area contributed by atoms with Gasteiger partial charge in [0.15, 0.2) is 0 Å². The van der Waals surface area contributed by atoms with Crippen molar-refractivity contribution in [3.63, 3.8) is 0 Å². The monoisotopic (exact) mass is 382 g/mol. The Labute approximate surface area is 166 Å². The van der Waals surface area contributed by atoms with E-state index in [-0.39, 0.29) is 23.3 Å². The Morgan fingerprint density at radius 3 is 2.75 bits per heavy atom. The van der Waals surface area contributed by atoms with Crippen LogP contribution in [0.15, 0.2) is 29.9 Å². The van der Waals surface area contributed by atoms with Crippen LogP contribution in [-0.2, 0) is 6.42 Å². The van der Waals surface area contributed by atoms with Gasteiger partial charge in [0.2, 0.25) is 5.82 Å². The number of hydrogen-bond acceptors (Lipinski definition) is 5. The Morgan fingerprint density at radius 1 is 1.32 bits per heavy atom. The zero-order valence-corrected chi connectivity index (χ0v) is 17.0. The first-order chi connectivity index (χ1) is 13.4. The van der Waals surface area contributed by atoms with Gasteiger partial charge in [0.1, 0.15) is 11.5 Å². The van der Waals surface area contributed by atoms with E-state index in [4.69, 9.17) is 0 Å². The number of aromatic nitrogens is 4. The van der Waals surface area contributed by atoms with Gasteiger partial charge in [-0.3, -0.25) is 0 Å². The molecule has 0 spiro atoms. The van der Waals surface area contributed by atoms with E-state index in [9.17, 15) is 10.2 Å². The van der Waals surface area contributed by atoms with Crippen LogP contribution in [-0.4, -0.2) is 30.8 Å². The number of phenolic OH excluding ortho intramolecular Hbond substituents is 2. The summed E-state index contributed by atoms with van der Waals surface area (Å²) < 4.78 is 0. The number of rotatable bonds is 7. The molecule has 0 saturated carbocycles. The number of unbranched alkanes of at least 4 members (excludes halogenated alkanes) is 2. The minimum atomic E-state index is -0.124. The predicted molar refractivity (Wildman–Crippen MR) is 110 cm³/mol. The number of nitrogens with one attached hydrogen (secondary N) is 1. The second kappa shape index (κ2) is 8.59. The van der Waals surface area contributed by atoms with Crippen molar-refractivity contribution in [2.24, 2.45) is 5.92 Å². The van der Waals surface area contributed by atoms with Crippen molar-refractivity contribution >= 4 is 0 Å². The minimum Gasteiger partial charge on any atom is -0.507 e. The lowest BCUT2D eigenvalue weighted by Crippen LogP contribution is -2.17. The number of H-pyrrole nitrogens is 1. The van der Waals surface area contributed by atoms with Gasteiger partial charge in [-0.25, -0.2) is 0 Å². The Hall–Kier alpha value is -2.63. The van der Waals surface area contributed by atoms with Crippen LogP contribution in [0, 0.1) is 5.92 Å². The van der Waals surface area contributed by atoms with Crippen LogP contribution in [0.25, 0.3) is 11.4 Å². The van der Waals surface area contributed by atoms with Crippen molar-refractivity contribution in [1.82, 2.24) is 20.6 Å². The van der Waals surface area contributed by atoms with Gasteiger partial charge in [0.05, 0.1) is 5.56 Å².